The zero-order chi connectivity index (χ0) is 23.5. The molecule has 0 unspecified atom stereocenters. The molecule has 0 aromatic carbocycles. The number of hydrogen-bond acceptors (Lipinski definition) is 9. The third kappa shape index (κ3) is 4.99. The molecule has 170 valence electrons. The lowest BCUT2D eigenvalue weighted by molar-refractivity contribution is 0.0990. The van der Waals surface area contributed by atoms with E-state index in [4.69, 9.17) is 23.4 Å². The monoisotopic (exact) mass is 458 g/mol. The molecule has 3 aromatic rings. The average Bonchev–Trinajstić information content (AvgIpc) is 3.23. The van der Waals surface area contributed by atoms with E-state index in [1.807, 2.05) is 19.1 Å². The van der Waals surface area contributed by atoms with Crippen LogP contribution in [-0.2, 0) is 0 Å². The molecule has 0 bridgehead atoms. The highest BCUT2D eigenvalue weighted by Crippen LogP contribution is 2.34. The maximum atomic E-state index is 12.7. The Kier molecular flexibility index (Phi) is 6.68. The first-order valence-corrected chi connectivity index (χ1v) is 13.3. The van der Waals surface area contributed by atoms with Crippen molar-refractivity contribution in [2.75, 3.05) is 26.6 Å². The quantitative estimate of drug-likeness (QED) is 0.507. The SMILES string of the molecule is COc1nc(OC)c(NC(=O)c2ccc(Oc3ccc([Si](C)(C)C)nc3C)o2)c(OC)n1. The van der Waals surface area contributed by atoms with Crippen molar-refractivity contribution in [1.29, 1.82) is 0 Å². The number of methoxy groups -OCH3 is 3. The number of carbonyl (C=O) groups excluding carboxylic acids is 1. The number of amides is 1. The predicted octanol–water partition coefficient (Wildman–Crippen LogP) is 3.39. The van der Waals surface area contributed by atoms with E-state index < -0.39 is 14.0 Å². The summed E-state index contributed by atoms with van der Waals surface area (Å²) in [4.78, 5) is 25.5. The average molecular weight is 459 g/mol. The maximum absolute atomic E-state index is 12.7. The normalized spacial score (nSPS) is 11.1. The van der Waals surface area contributed by atoms with Crippen molar-refractivity contribution in [3.05, 3.63) is 35.7 Å². The first-order valence-electron chi connectivity index (χ1n) is 9.77. The van der Waals surface area contributed by atoms with Crippen molar-refractivity contribution < 1.29 is 28.2 Å². The van der Waals surface area contributed by atoms with Crippen molar-refractivity contribution in [2.24, 2.45) is 0 Å². The van der Waals surface area contributed by atoms with Gasteiger partial charge in [-0.2, -0.15) is 9.97 Å². The minimum Gasteiger partial charge on any atom is -0.479 e. The minimum atomic E-state index is -1.53. The van der Waals surface area contributed by atoms with Crippen LogP contribution in [0, 0.1) is 6.92 Å². The Labute approximate surface area is 186 Å². The van der Waals surface area contributed by atoms with Gasteiger partial charge in [0.2, 0.25) is 11.8 Å². The zero-order valence-electron chi connectivity index (χ0n) is 19.1. The molecule has 0 saturated heterocycles. The highest BCUT2D eigenvalue weighted by Gasteiger charge is 2.22. The Morgan fingerprint density at radius 2 is 1.59 bits per heavy atom. The molecule has 3 heterocycles. The fraction of sp³-hybridized carbons (Fsp3) is 0.333. The van der Waals surface area contributed by atoms with E-state index in [1.54, 1.807) is 6.07 Å². The van der Waals surface area contributed by atoms with Gasteiger partial charge in [0.05, 0.1) is 27.0 Å². The summed E-state index contributed by atoms with van der Waals surface area (Å²) in [6.45, 7) is 8.55. The Morgan fingerprint density at radius 1 is 0.938 bits per heavy atom. The van der Waals surface area contributed by atoms with Gasteiger partial charge in [0, 0.05) is 11.4 Å². The van der Waals surface area contributed by atoms with Crippen LogP contribution in [0.2, 0.25) is 19.6 Å². The number of ether oxygens (including phenoxy) is 4. The van der Waals surface area contributed by atoms with Crippen LogP contribution in [0.1, 0.15) is 16.2 Å². The van der Waals surface area contributed by atoms with Crippen LogP contribution < -0.4 is 29.6 Å². The Bertz CT molecular complexity index is 1100. The van der Waals surface area contributed by atoms with Gasteiger partial charge in [0.1, 0.15) is 8.07 Å². The molecular formula is C21H26N4O6Si. The molecule has 0 aliphatic heterocycles. The smallest absolute Gasteiger partial charge is 0.322 e. The van der Waals surface area contributed by atoms with Crippen LogP contribution in [0.15, 0.2) is 28.7 Å². The van der Waals surface area contributed by atoms with Crippen molar-refractivity contribution in [1.82, 2.24) is 15.0 Å². The molecule has 32 heavy (non-hydrogen) atoms. The number of furan rings is 1. The number of anilines is 1. The summed E-state index contributed by atoms with van der Waals surface area (Å²) in [5.74, 6) is 0.327. The summed E-state index contributed by atoms with van der Waals surface area (Å²) >= 11 is 0. The van der Waals surface area contributed by atoms with Crippen molar-refractivity contribution in [2.45, 2.75) is 26.6 Å². The van der Waals surface area contributed by atoms with Gasteiger partial charge in [-0.15, -0.1) is 0 Å². The van der Waals surface area contributed by atoms with Gasteiger partial charge in [-0.1, -0.05) is 19.6 Å². The summed E-state index contributed by atoms with van der Waals surface area (Å²) in [6, 6.07) is 6.91. The van der Waals surface area contributed by atoms with Gasteiger partial charge in [-0.3, -0.25) is 9.78 Å². The molecule has 1 amide bonds. The Morgan fingerprint density at radius 3 is 2.12 bits per heavy atom. The van der Waals surface area contributed by atoms with Crippen LogP contribution >= 0.6 is 0 Å². The molecule has 1 N–H and O–H groups in total. The zero-order valence-corrected chi connectivity index (χ0v) is 20.1. The van der Waals surface area contributed by atoms with E-state index in [9.17, 15) is 4.79 Å². The number of aromatic nitrogens is 3. The molecule has 3 rings (SSSR count). The number of aryl methyl sites for hydroxylation is 1. The second-order valence-corrected chi connectivity index (χ2v) is 12.8. The molecule has 0 aliphatic carbocycles. The molecule has 0 saturated carbocycles. The number of pyridine rings is 1. The molecule has 11 heteroatoms. The van der Waals surface area contributed by atoms with E-state index in [-0.39, 0.29) is 35.2 Å². The highest BCUT2D eigenvalue weighted by molar-refractivity contribution is 6.88. The van der Waals surface area contributed by atoms with Gasteiger partial charge >= 0.3 is 6.01 Å². The Hall–Kier alpha value is -3.60. The van der Waals surface area contributed by atoms with E-state index in [1.165, 1.54) is 27.4 Å². The number of carbonyl (C=O) groups is 1. The summed E-state index contributed by atoms with van der Waals surface area (Å²) in [5, 5.41) is 3.72. The van der Waals surface area contributed by atoms with Gasteiger partial charge in [0.15, 0.2) is 17.2 Å². The van der Waals surface area contributed by atoms with Crippen molar-refractivity contribution in [3.63, 3.8) is 0 Å². The van der Waals surface area contributed by atoms with E-state index >= 15 is 0 Å². The van der Waals surface area contributed by atoms with E-state index in [2.05, 4.69) is 39.9 Å². The van der Waals surface area contributed by atoms with Crippen LogP contribution in [-0.4, -0.2) is 50.3 Å². The molecule has 10 nitrogen and oxygen atoms in total. The molecule has 3 aromatic heterocycles. The largest absolute Gasteiger partial charge is 0.479 e. The van der Waals surface area contributed by atoms with Crippen molar-refractivity contribution >= 4 is 25.0 Å². The fourth-order valence-electron chi connectivity index (χ4n) is 2.75. The van der Waals surface area contributed by atoms with Gasteiger partial charge in [-0.05, 0) is 25.1 Å². The lowest BCUT2D eigenvalue weighted by Gasteiger charge is -2.16. The van der Waals surface area contributed by atoms with Gasteiger partial charge in [-0.25, -0.2) is 0 Å². The summed E-state index contributed by atoms with van der Waals surface area (Å²) in [6.07, 6.45) is 0. The highest BCUT2D eigenvalue weighted by atomic mass is 28.3. The molecule has 0 radical (unpaired) electrons. The standard InChI is InChI=1S/C21H26N4O6Si/c1-12-13(8-10-15(22-12)32(5,6)7)30-16-11-9-14(31-16)18(26)23-17-19(27-2)24-21(29-4)25-20(17)28-3/h8-11H,1-7H3,(H,23,26). The second-order valence-electron chi connectivity index (χ2n) is 7.81. The lowest BCUT2D eigenvalue weighted by Crippen LogP contribution is -2.40. The van der Waals surface area contributed by atoms with E-state index in [0.717, 1.165) is 11.0 Å². The number of nitrogens with one attached hydrogen (secondary N) is 1. The Balaban J connectivity index is 1.79. The maximum Gasteiger partial charge on any atom is 0.322 e. The molecule has 0 spiro atoms. The first-order chi connectivity index (χ1) is 15.2. The molecular weight excluding hydrogens is 432 g/mol. The molecule has 0 atom stereocenters. The van der Waals surface area contributed by atoms with E-state index in [0.29, 0.717) is 5.75 Å². The third-order valence-corrected chi connectivity index (χ3v) is 6.27. The molecule has 0 fully saturated rings. The predicted molar refractivity (Wildman–Crippen MR) is 120 cm³/mol. The topological polar surface area (TPSA) is 118 Å². The third-order valence-electron chi connectivity index (χ3n) is 4.45. The number of rotatable bonds is 8. The summed E-state index contributed by atoms with van der Waals surface area (Å²) < 4.78 is 26.8. The van der Waals surface area contributed by atoms with Gasteiger partial charge < -0.3 is 28.7 Å². The number of nitrogens with zero attached hydrogens (tertiary/aromatic N) is 3. The fourth-order valence-corrected chi connectivity index (χ4v) is 3.84. The lowest BCUT2D eigenvalue weighted by atomic mass is 10.3. The van der Waals surface area contributed by atoms with Crippen LogP contribution in [0.25, 0.3) is 0 Å². The summed E-state index contributed by atoms with van der Waals surface area (Å²) in [7, 11) is 2.68. The van der Waals surface area contributed by atoms with Crippen LogP contribution in [0.3, 0.4) is 0 Å². The minimum absolute atomic E-state index is 0.0178. The van der Waals surface area contributed by atoms with Crippen molar-refractivity contribution in [3.8, 4) is 29.5 Å². The van der Waals surface area contributed by atoms with Crippen LogP contribution in [0.4, 0.5) is 5.69 Å². The number of hydrogen-bond donors (Lipinski definition) is 1. The van der Waals surface area contributed by atoms with Crippen LogP contribution in [0.5, 0.6) is 29.5 Å². The second kappa shape index (κ2) is 9.26. The molecule has 0 aliphatic rings. The van der Waals surface area contributed by atoms with Gasteiger partial charge in [0.25, 0.3) is 11.9 Å². The summed E-state index contributed by atoms with van der Waals surface area (Å²) in [5.41, 5.74) is 0.888. The first kappa shape index (κ1) is 23.1.